The molecule has 0 aliphatic carbocycles. The van der Waals surface area contributed by atoms with E-state index >= 15 is 0 Å². The molecule has 2 aromatic carbocycles. The Labute approximate surface area is 175 Å². The summed E-state index contributed by atoms with van der Waals surface area (Å²) in [7, 11) is -3.49. The first-order chi connectivity index (χ1) is 13.8. The van der Waals surface area contributed by atoms with Crippen LogP contribution in [0.2, 0.25) is 5.02 Å². The Bertz CT molecular complexity index is 1090. The lowest BCUT2D eigenvalue weighted by atomic mass is 10.1. The molecule has 152 valence electrons. The zero-order valence-electron chi connectivity index (χ0n) is 16.0. The minimum absolute atomic E-state index is 0.0943. The first-order valence-corrected chi connectivity index (χ1v) is 11.4. The van der Waals surface area contributed by atoms with Crippen molar-refractivity contribution in [3.05, 3.63) is 93.9 Å². The molecule has 0 aliphatic heterocycles. The summed E-state index contributed by atoms with van der Waals surface area (Å²) in [4.78, 5) is 12.2. The van der Waals surface area contributed by atoms with Crippen molar-refractivity contribution < 1.29 is 17.6 Å². The quantitative estimate of drug-likeness (QED) is 0.576. The number of aryl methyl sites for hydroxylation is 1. The lowest BCUT2D eigenvalue weighted by molar-refractivity contribution is 0.0925. The number of halogens is 1. The fourth-order valence-corrected chi connectivity index (χ4v) is 4.56. The molecule has 3 aromatic rings. The largest absolute Gasteiger partial charge is 0.455 e. The van der Waals surface area contributed by atoms with Gasteiger partial charge in [-0.3, -0.25) is 4.79 Å². The molecule has 0 atom stereocenters. The maximum absolute atomic E-state index is 12.4. The Hall–Kier alpha value is -2.57. The van der Waals surface area contributed by atoms with E-state index in [0.29, 0.717) is 23.6 Å². The highest BCUT2D eigenvalue weighted by Crippen LogP contribution is 2.20. The predicted octanol–water partition coefficient (Wildman–Crippen LogP) is 4.33. The molecule has 7 heteroatoms. The van der Waals surface area contributed by atoms with E-state index in [1.54, 1.807) is 24.3 Å². The normalized spacial score (nSPS) is 11.4. The van der Waals surface area contributed by atoms with Gasteiger partial charge in [-0.25, -0.2) is 8.42 Å². The third-order valence-corrected chi connectivity index (χ3v) is 6.24. The first-order valence-electron chi connectivity index (χ1n) is 9.19. The Morgan fingerprint density at radius 1 is 1.00 bits per heavy atom. The summed E-state index contributed by atoms with van der Waals surface area (Å²) in [6, 6.07) is 17.9. The molecule has 1 aromatic heterocycles. The van der Waals surface area contributed by atoms with Crippen LogP contribution in [0.4, 0.5) is 0 Å². The average Bonchev–Trinajstić information content (AvgIpc) is 3.13. The van der Waals surface area contributed by atoms with Crippen molar-refractivity contribution in [1.82, 2.24) is 5.32 Å². The first kappa shape index (κ1) is 21.1. The maximum Gasteiger partial charge on any atom is 0.287 e. The molecule has 0 fully saturated rings. The number of hydrogen-bond acceptors (Lipinski definition) is 4. The molecule has 0 spiro atoms. The van der Waals surface area contributed by atoms with Crippen LogP contribution < -0.4 is 5.32 Å². The molecule has 0 saturated heterocycles. The zero-order valence-corrected chi connectivity index (χ0v) is 17.6. The van der Waals surface area contributed by atoms with E-state index in [-0.39, 0.29) is 28.9 Å². The van der Waals surface area contributed by atoms with Gasteiger partial charge in [0.05, 0.1) is 5.75 Å². The lowest BCUT2D eigenvalue weighted by Crippen LogP contribution is -2.25. The van der Waals surface area contributed by atoms with Crippen molar-refractivity contribution in [1.29, 1.82) is 0 Å². The van der Waals surface area contributed by atoms with Crippen molar-refractivity contribution in [2.24, 2.45) is 0 Å². The second-order valence-electron chi connectivity index (χ2n) is 6.88. The van der Waals surface area contributed by atoms with Gasteiger partial charge in [0.1, 0.15) is 11.5 Å². The molecule has 5 nitrogen and oxygen atoms in total. The number of carbonyl (C=O) groups excluding carboxylic acids is 1. The zero-order chi connectivity index (χ0) is 20.9. The highest BCUT2D eigenvalue weighted by molar-refractivity contribution is 7.89. The Morgan fingerprint density at radius 3 is 2.45 bits per heavy atom. The summed E-state index contributed by atoms with van der Waals surface area (Å²) >= 11 is 6.04. The van der Waals surface area contributed by atoms with Crippen molar-refractivity contribution in [3.63, 3.8) is 0 Å². The Kier molecular flexibility index (Phi) is 6.77. The Balaban J connectivity index is 1.54. The summed E-state index contributed by atoms with van der Waals surface area (Å²) in [6.45, 7) is 2.48. The second kappa shape index (κ2) is 9.29. The number of furan rings is 1. The van der Waals surface area contributed by atoms with Crippen molar-refractivity contribution in [2.45, 2.75) is 24.9 Å². The lowest BCUT2D eigenvalue weighted by Gasteiger charge is -2.05. The van der Waals surface area contributed by atoms with Crippen LogP contribution in [0.5, 0.6) is 0 Å². The monoisotopic (exact) mass is 431 g/mol. The fraction of sp³-hybridized carbons (Fsp3) is 0.227. The maximum atomic E-state index is 12.4. The molecule has 0 radical (unpaired) electrons. The van der Waals surface area contributed by atoms with Gasteiger partial charge in [-0.2, -0.15) is 0 Å². The summed E-state index contributed by atoms with van der Waals surface area (Å²) in [5, 5.41) is 3.19. The van der Waals surface area contributed by atoms with Crippen LogP contribution in [0.25, 0.3) is 0 Å². The number of hydrogen-bond donors (Lipinski definition) is 1. The molecule has 29 heavy (non-hydrogen) atoms. The third kappa shape index (κ3) is 6.21. The summed E-state index contributed by atoms with van der Waals surface area (Å²) in [5.41, 5.74) is 2.85. The molecular weight excluding hydrogens is 410 g/mol. The van der Waals surface area contributed by atoms with Gasteiger partial charge in [-0.1, -0.05) is 59.6 Å². The van der Waals surface area contributed by atoms with Gasteiger partial charge in [0.15, 0.2) is 15.6 Å². The molecule has 0 aliphatic rings. The van der Waals surface area contributed by atoms with Gasteiger partial charge in [0, 0.05) is 11.6 Å². The average molecular weight is 432 g/mol. The van der Waals surface area contributed by atoms with Crippen LogP contribution in [0.1, 0.15) is 33.0 Å². The summed E-state index contributed by atoms with van der Waals surface area (Å²) in [5.74, 6) is -0.537. The van der Waals surface area contributed by atoms with E-state index in [1.165, 1.54) is 17.7 Å². The van der Waals surface area contributed by atoms with Gasteiger partial charge in [-0.15, -0.1) is 0 Å². The molecule has 1 amide bonds. The van der Waals surface area contributed by atoms with Crippen LogP contribution in [0.3, 0.4) is 0 Å². The number of rotatable bonds is 8. The van der Waals surface area contributed by atoms with Crippen molar-refractivity contribution in [3.8, 4) is 0 Å². The Morgan fingerprint density at radius 2 is 1.72 bits per heavy atom. The van der Waals surface area contributed by atoms with E-state index in [9.17, 15) is 13.2 Å². The van der Waals surface area contributed by atoms with Crippen LogP contribution in [-0.4, -0.2) is 20.9 Å². The standard InChI is InChI=1S/C22H22ClNO4S/c1-16-6-8-17(9-7-16)12-13-24-22(25)21-11-10-19(28-21)15-29(26,27)14-18-4-2-3-5-20(18)23/h2-11H,12-15H2,1H3,(H,24,25). The van der Waals surface area contributed by atoms with E-state index in [0.717, 1.165) is 5.56 Å². The number of nitrogens with one attached hydrogen (secondary N) is 1. The minimum Gasteiger partial charge on any atom is -0.455 e. The van der Waals surface area contributed by atoms with Gasteiger partial charge >= 0.3 is 0 Å². The predicted molar refractivity (Wildman–Crippen MR) is 114 cm³/mol. The van der Waals surface area contributed by atoms with E-state index in [2.05, 4.69) is 5.32 Å². The number of amides is 1. The van der Waals surface area contributed by atoms with E-state index < -0.39 is 9.84 Å². The van der Waals surface area contributed by atoms with Crippen LogP contribution in [0, 0.1) is 6.92 Å². The molecule has 0 bridgehead atoms. The highest BCUT2D eigenvalue weighted by atomic mass is 35.5. The van der Waals surface area contributed by atoms with E-state index in [1.807, 2.05) is 31.2 Å². The molecule has 0 saturated carbocycles. The fourth-order valence-electron chi connectivity index (χ4n) is 2.86. The SMILES string of the molecule is Cc1ccc(CCNC(=O)c2ccc(CS(=O)(=O)Cc3ccccc3Cl)o2)cc1. The van der Waals surface area contributed by atoms with Crippen LogP contribution in [-0.2, 0) is 27.8 Å². The van der Waals surface area contributed by atoms with Crippen LogP contribution >= 0.6 is 11.6 Å². The molecule has 1 N–H and O–H groups in total. The number of carbonyl (C=O) groups is 1. The van der Waals surface area contributed by atoms with Crippen LogP contribution in [0.15, 0.2) is 65.1 Å². The van der Waals surface area contributed by atoms with E-state index in [4.69, 9.17) is 16.0 Å². The third-order valence-electron chi connectivity index (χ3n) is 4.40. The topological polar surface area (TPSA) is 76.4 Å². The molecule has 1 heterocycles. The smallest absolute Gasteiger partial charge is 0.287 e. The summed E-state index contributed by atoms with van der Waals surface area (Å²) < 4.78 is 30.3. The van der Waals surface area contributed by atoms with Crippen molar-refractivity contribution in [2.75, 3.05) is 6.54 Å². The number of sulfone groups is 1. The minimum atomic E-state index is -3.49. The van der Waals surface area contributed by atoms with Crippen molar-refractivity contribution >= 4 is 27.3 Å². The van der Waals surface area contributed by atoms with Gasteiger partial charge < -0.3 is 9.73 Å². The van der Waals surface area contributed by atoms with Gasteiger partial charge in [0.2, 0.25) is 0 Å². The number of benzene rings is 2. The molecule has 0 unspecified atom stereocenters. The highest BCUT2D eigenvalue weighted by Gasteiger charge is 2.19. The summed E-state index contributed by atoms with van der Waals surface area (Å²) in [6.07, 6.45) is 0.700. The van der Waals surface area contributed by atoms with Gasteiger partial charge in [0.25, 0.3) is 5.91 Å². The van der Waals surface area contributed by atoms with Gasteiger partial charge in [-0.05, 0) is 42.7 Å². The molecular formula is C22H22ClNO4S. The molecule has 3 rings (SSSR count). The second-order valence-corrected chi connectivity index (χ2v) is 9.35.